The number of carbonyl (C=O) groups excluding carboxylic acids is 1. The van der Waals surface area contributed by atoms with Crippen molar-refractivity contribution in [2.24, 2.45) is 5.92 Å². The van der Waals surface area contributed by atoms with E-state index in [9.17, 15) is 4.79 Å². The third-order valence-corrected chi connectivity index (χ3v) is 2.59. The average Bonchev–Trinajstić information content (AvgIpc) is 2.27. The molecule has 0 atom stereocenters. The Labute approximate surface area is 95.6 Å². The number of hydrogen-bond donors (Lipinski definition) is 1. The predicted octanol–water partition coefficient (Wildman–Crippen LogP) is 1.52. The van der Waals surface area contributed by atoms with E-state index in [0.29, 0.717) is 12.3 Å². The molecule has 1 amide bonds. The first-order valence-electron chi connectivity index (χ1n) is 5.69. The van der Waals surface area contributed by atoms with Crippen LogP contribution in [0.2, 0.25) is 0 Å². The molecule has 1 aromatic heterocycles. The lowest BCUT2D eigenvalue weighted by molar-refractivity contribution is -0.119. The number of amides is 1. The van der Waals surface area contributed by atoms with Crippen molar-refractivity contribution < 1.29 is 4.79 Å². The number of nitrogens with zero attached hydrogens (tertiary/aromatic N) is 2. The molecule has 0 saturated heterocycles. The van der Waals surface area contributed by atoms with Gasteiger partial charge in [-0.05, 0) is 24.0 Å². The molecule has 0 aliphatic carbocycles. The van der Waals surface area contributed by atoms with Crippen LogP contribution in [0.4, 0.5) is 5.82 Å². The monoisotopic (exact) mass is 219 g/mol. The van der Waals surface area contributed by atoms with Crippen molar-refractivity contribution in [3.8, 4) is 0 Å². The summed E-state index contributed by atoms with van der Waals surface area (Å²) in [7, 11) is 0. The van der Waals surface area contributed by atoms with Gasteiger partial charge < -0.3 is 0 Å². The van der Waals surface area contributed by atoms with Crippen LogP contribution in [0, 0.1) is 5.92 Å². The summed E-state index contributed by atoms with van der Waals surface area (Å²) < 4.78 is 0. The molecule has 4 nitrogen and oxygen atoms in total. The van der Waals surface area contributed by atoms with E-state index in [1.807, 2.05) is 12.1 Å². The minimum absolute atomic E-state index is 0.104. The number of aromatic nitrogens is 1. The van der Waals surface area contributed by atoms with Gasteiger partial charge >= 0.3 is 0 Å². The van der Waals surface area contributed by atoms with Crippen LogP contribution < -0.4 is 10.4 Å². The van der Waals surface area contributed by atoms with Crippen molar-refractivity contribution in [1.82, 2.24) is 10.4 Å². The molecule has 1 aliphatic rings. The standard InChI is InChI=1S/C12H17N3O/c1-9(2)8-14-15-11(16)6-5-10-4-3-7-13-12(10)15/h3-4,7,9,14H,5-6,8H2,1-2H3. The highest BCUT2D eigenvalue weighted by Crippen LogP contribution is 2.23. The van der Waals surface area contributed by atoms with Gasteiger partial charge in [-0.3, -0.25) is 4.79 Å². The lowest BCUT2D eigenvalue weighted by Gasteiger charge is -2.28. The number of fused-ring (bicyclic) bond motifs is 1. The highest BCUT2D eigenvalue weighted by molar-refractivity contribution is 5.94. The van der Waals surface area contributed by atoms with Crippen LogP contribution in [0.5, 0.6) is 0 Å². The Hall–Kier alpha value is -1.42. The number of aryl methyl sites for hydroxylation is 1. The molecule has 0 aromatic carbocycles. The van der Waals surface area contributed by atoms with E-state index in [4.69, 9.17) is 0 Å². The maximum Gasteiger partial charge on any atom is 0.243 e. The summed E-state index contributed by atoms with van der Waals surface area (Å²) in [6.07, 6.45) is 3.08. The van der Waals surface area contributed by atoms with Crippen LogP contribution in [0.15, 0.2) is 18.3 Å². The molecule has 0 spiro atoms. The van der Waals surface area contributed by atoms with E-state index < -0.39 is 0 Å². The largest absolute Gasteiger partial charge is 0.273 e. The Kier molecular flexibility index (Phi) is 3.19. The van der Waals surface area contributed by atoms with Gasteiger partial charge in [-0.25, -0.2) is 15.4 Å². The molecule has 0 saturated carbocycles. The van der Waals surface area contributed by atoms with E-state index in [0.717, 1.165) is 24.3 Å². The molecular formula is C12H17N3O. The first-order valence-corrected chi connectivity index (χ1v) is 5.69. The Balaban J connectivity index is 2.19. The lowest BCUT2D eigenvalue weighted by Crippen LogP contribution is -2.47. The number of hydrazine groups is 1. The number of rotatable bonds is 3. The van der Waals surface area contributed by atoms with Gasteiger partial charge in [0.1, 0.15) is 0 Å². The molecule has 4 heteroatoms. The number of pyridine rings is 1. The molecule has 1 N–H and O–H groups in total. The molecule has 0 fully saturated rings. The fraction of sp³-hybridized carbons (Fsp3) is 0.500. The third kappa shape index (κ3) is 2.22. The predicted molar refractivity (Wildman–Crippen MR) is 62.9 cm³/mol. The van der Waals surface area contributed by atoms with Crippen LogP contribution in [0.3, 0.4) is 0 Å². The van der Waals surface area contributed by atoms with Crippen LogP contribution in [0.1, 0.15) is 25.8 Å². The average molecular weight is 219 g/mol. The van der Waals surface area contributed by atoms with Gasteiger partial charge in [0.15, 0.2) is 5.82 Å². The number of hydrogen-bond acceptors (Lipinski definition) is 3. The van der Waals surface area contributed by atoms with Crippen molar-refractivity contribution in [1.29, 1.82) is 0 Å². The second-order valence-electron chi connectivity index (χ2n) is 4.47. The number of anilines is 1. The maximum absolute atomic E-state index is 11.8. The summed E-state index contributed by atoms with van der Waals surface area (Å²) in [5, 5.41) is 1.60. The third-order valence-electron chi connectivity index (χ3n) is 2.59. The van der Waals surface area contributed by atoms with Gasteiger partial charge in [0.2, 0.25) is 5.91 Å². The lowest BCUT2D eigenvalue weighted by atomic mass is 10.1. The van der Waals surface area contributed by atoms with E-state index in [1.54, 1.807) is 11.2 Å². The van der Waals surface area contributed by atoms with Crippen LogP contribution in [-0.4, -0.2) is 17.4 Å². The Morgan fingerprint density at radius 1 is 1.50 bits per heavy atom. The minimum Gasteiger partial charge on any atom is -0.273 e. The van der Waals surface area contributed by atoms with Crippen molar-refractivity contribution >= 4 is 11.7 Å². The van der Waals surface area contributed by atoms with Crippen molar-refractivity contribution in [3.05, 3.63) is 23.9 Å². The molecule has 1 aromatic rings. The highest BCUT2D eigenvalue weighted by Gasteiger charge is 2.24. The normalized spacial score (nSPS) is 15.4. The molecular weight excluding hydrogens is 202 g/mol. The zero-order chi connectivity index (χ0) is 11.5. The SMILES string of the molecule is CC(C)CNN1C(=O)CCc2cccnc21. The fourth-order valence-corrected chi connectivity index (χ4v) is 1.74. The van der Waals surface area contributed by atoms with Crippen LogP contribution in [-0.2, 0) is 11.2 Å². The summed E-state index contributed by atoms with van der Waals surface area (Å²) in [6, 6.07) is 3.94. The minimum atomic E-state index is 0.104. The quantitative estimate of drug-likeness (QED) is 0.838. The molecule has 2 heterocycles. The summed E-state index contributed by atoms with van der Waals surface area (Å²) in [5.41, 5.74) is 4.29. The summed E-state index contributed by atoms with van der Waals surface area (Å²) in [5.74, 6) is 1.37. The van der Waals surface area contributed by atoms with E-state index >= 15 is 0 Å². The van der Waals surface area contributed by atoms with Crippen molar-refractivity contribution in [2.75, 3.05) is 11.6 Å². The first kappa shape index (κ1) is 11.1. The molecule has 16 heavy (non-hydrogen) atoms. The second-order valence-corrected chi connectivity index (χ2v) is 4.47. The van der Waals surface area contributed by atoms with Gasteiger partial charge in [0, 0.05) is 19.2 Å². The van der Waals surface area contributed by atoms with E-state index in [-0.39, 0.29) is 5.91 Å². The van der Waals surface area contributed by atoms with Gasteiger partial charge in [-0.1, -0.05) is 19.9 Å². The highest BCUT2D eigenvalue weighted by atomic mass is 16.2. The van der Waals surface area contributed by atoms with Crippen LogP contribution >= 0.6 is 0 Å². The Morgan fingerprint density at radius 2 is 2.31 bits per heavy atom. The fourth-order valence-electron chi connectivity index (χ4n) is 1.74. The zero-order valence-electron chi connectivity index (χ0n) is 9.73. The van der Waals surface area contributed by atoms with Gasteiger partial charge in [0.25, 0.3) is 0 Å². The smallest absolute Gasteiger partial charge is 0.243 e. The van der Waals surface area contributed by atoms with E-state index in [1.165, 1.54) is 0 Å². The number of nitrogens with one attached hydrogen (secondary N) is 1. The second kappa shape index (κ2) is 4.61. The van der Waals surface area contributed by atoms with Crippen molar-refractivity contribution in [2.45, 2.75) is 26.7 Å². The first-order chi connectivity index (χ1) is 7.68. The molecule has 2 rings (SSSR count). The number of carbonyl (C=O) groups is 1. The van der Waals surface area contributed by atoms with Crippen molar-refractivity contribution in [3.63, 3.8) is 0 Å². The summed E-state index contributed by atoms with van der Waals surface area (Å²) in [4.78, 5) is 16.1. The topological polar surface area (TPSA) is 45.2 Å². The summed E-state index contributed by atoms with van der Waals surface area (Å²) >= 11 is 0. The van der Waals surface area contributed by atoms with E-state index in [2.05, 4.69) is 24.3 Å². The molecule has 0 radical (unpaired) electrons. The van der Waals surface area contributed by atoms with Gasteiger partial charge in [0.05, 0.1) is 0 Å². The maximum atomic E-state index is 11.8. The molecule has 0 unspecified atom stereocenters. The van der Waals surface area contributed by atoms with Gasteiger partial charge in [-0.2, -0.15) is 0 Å². The molecule has 86 valence electrons. The Bertz CT molecular complexity index is 390. The Morgan fingerprint density at radius 3 is 3.06 bits per heavy atom. The van der Waals surface area contributed by atoms with Gasteiger partial charge in [-0.15, -0.1) is 0 Å². The molecule has 1 aliphatic heterocycles. The zero-order valence-corrected chi connectivity index (χ0v) is 9.73. The van der Waals surface area contributed by atoms with Crippen LogP contribution in [0.25, 0.3) is 0 Å². The summed E-state index contributed by atoms with van der Waals surface area (Å²) in [6.45, 7) is 5.00. The molecule has 0 bridgehead atoms.